The van der Waals surface area contributed by atoms with Gasteiger partial charge in [0.15, 0.2) is 6.29 Å². The van der Waals surface area contributed by atoms with Crippen molar-refractivity contribution in [3.8, 4) is 0 Å². The molecule has 2 fully saturated rings. The molecule has 4 atom stereocenters. The van der Waals surface area contributed by atoms with Crippen LogP contribution in [0.2, 0.25) is 0 Å². The zero-order chi connectivity index (χ0) is 17.1. The van der Waals surface area contributed by atoms with Crippen LogP contribution in [0.15, 0.2) is 24.3 Å². The van der Waals surface area contributed by atoms with Crippen LogP contribution in [0.3, 0.4) is 0 Å². The topological polar surface area (TPSA) is 99.9 Å². The summed E-state index contributed by atoms with van der Waals surface area (Å²) in [5.74, 6) is -0.617. The SMILES string of the molecule is CCOC(=O)[C@H](Nc1cccc([N+](=O)[O-])c1)[C@@H]1CC[C@H]2CO[C@@H]1O2. The van der Waals surface area contributed by atoms with E-state index in [1.807, 2.05) is 0 Å². The van der Waals surface area contributed by atoms with E-state index in [2.05, 4.69) is 5.32 Å². The average Bonchev–Trinajstić information content (AvgIpc) is 2.95. The van der Waals surface area contributed by atoms with Crippen molar-refractivity contribution in [1.82, 2.24) is 0 Å². The number of hydrogen-bond acceptors (Lipinski definition) is 7. The lowest BCUT2D eigenvalue weighted by Gasteiger charge is -2.33. The third-order valence-corrected chi connectivity index (χ3v) is 4.29. The molecule has 130 valence electrons. The maximum absolute atomic E-state index is 12.4. The number of anilines is 1. The molecule has 3 rings (SSSR count). The van der Waals surface area contributed by atoms with Crippen molar-refractivity contribution in [3.05, 3.63) is 34.4 Å². The molecule has 0 aromatic heterocycles. The number of carbonyl (C=O) groups is 1. The number of esters is 1. The van der Waals surface area contributed by atoms with Crippen LogP contribution in [0, 0.1) is 16.0 Å². The van der Waals surface area contributed by atoms with Crippen LogP contribution < -0.4 is 5.32 Å². The van der Waals surface area contributed by atoms with Crippen LogP contribution in [0.25, 0.3) is 0 Å². The molecule has 0 unspecified atom stereocenters. The van der Waals surface area contributed by atoms with Crippen LogP contribution in [0.1, 0.15) is 19.8 Å². The molecule has 2 aliphatic heterocycles. The van der Waals surface area contributed by atoms with Crippen LogP contribution in [-0.4, -0.2) is 42.5 Å². The van der Waals surface area contributed by atoms with E-state index in [0.717, 1.165) is 12.8 Å². The van der Waals surface area contributed by atoms with Crippen molar-refractivity contribution in [2.75, 3.05) is 18.5 Å². The molecule has 0 radical (unpaired) electrons. The number of rotatable bonds is 6. The van der Waals surface area contributed by atoms with E-state index in [1.54, 1.807) is 19.1 Å². The van der Waals surface area contributed by atoms with E-state index < -0.39 is 23.2 Å². The summed E-state index contributed by atoms with van der Waals surface area (Å²) in [5.41, 5.74) is 0.446. The van der Waals surface area contributed by atoms with Gasteiger partial charge in [-0.1, -0.05) is 6.07 Å². The van der Waals surface area contributed by atoms with E-state index >= 15 is 0 Å². The number of ether oxygens (including phenoxy) is 3. The minimum absolute atomic E-state index is 0.0420. The summed E-state index contributed by atoms with van der Waals surface area (Å²) >= 11 is 0. The van der Waals surface area contributed by atoms with Crippen molar-refractivity contribution in [2.45, 2.75) is 38.2 Å². The van der Waals surface area contributed by atoms with E-state index in [4.69, 9.17) is 14.2 Å². The second-order valence-electron chi connectivity index (χ2n) is 5.88. The van der Waals surface area contributed by atoms with E-state index in [9.17, 15) is 14.9 Å². The molecule has 0 aliphatic carbocycles. The average molecular weight is 336 g/mol. The Bertz CT molecular complexity index is 622. The molecule has 1 N–H and O–H groups in total. The molecule has 8 nitrogen and oxygen atoms in total. The first-order valence-corrected chi connectivity index (χ1v) is 8.03. The molecule has 1 aromatic carbocycles. The predicted octanol–water partition coefficient (Wildman–Crippen LogP) is 2.09. The Hall–Kier alpha value is -2.19. The summed E-state index contributed by atoms with van der Waals surface area (Å²) in [6, 6.07) is 5.37. The molecule has 8 heteroatoms. The molecule has 0 spiro atoms. The summed E-state index contributed by atoms with van der Waals surface area (Å²) in [6.07, 6.45) is 1.21. The van der Waals surface area contributed by atoms with Crippen LogP contribution in [0.5, 0.6) is 0 Å². The Morgan fingerprint density at radius 2 is 2.33 bits per heavy atom. The highest BCUT2D eigenvalue weighted by Gasteiger charge is 2.44. The molecule has 2 bridgehead atoms. The minimum Gasteiger partial charge on any atom is -0.464 e. The molecule has 2 saturated heterocycles. The lowest BCUT2D eigenvalue weighted by atomic mass is 9.90. The lowest BCUT2D eigenvalue weighted by molar-refractivity contribution is -0.384. The Morgan fingerprint density at radius 1 is 1.50 bits per heavy atom. The first-order chi connectivity index (χ1) is 11.6. The van der Waals surface area contributed by atoms with Gasteiger partial charge >= 0.3 is 5.97 Å². The number of benzene rings is 1. The van der Waals surface area contributed by atoms with Gasteiger partial charge in [-0.2, -0.15) is 0 Å². The van der Waals surface area contributed by atoms with Crippen molar-refractivity contribution in [1.29, 1.82) is 0 Å². The smallest absolute Gasteiger partial charge is 0.329 e. The second kappa shape index (κ2) is 7.14. The van der Waals surface area contributed by atoms with Crippen LogP contribution in [-0.2, 0) is 19.0 Å². The van der Waals surface area contributed by atoms with Crippen molar-refractivity contribution in [3.63, 3.8) is 0 Å². The Balaban J connectivity index is 1.81. The van der Waals surface area contributed by atoms with Gasteiger partial charge < -0.3 is 19.5 Å². The maximum Gasteiger partial charge on any atom is 0.329 e. The van der Waals surface area contributed by atoms with Gasteiger partial charge in [-0.15, -0.1) is 0 Å². The van der Waals surface area contributed by atoms with Gasteiger partial charge in [0.2, 0.25) is 0 Å². The van der Waals surface area contributed by atoms with Gasteiger partial charge in [-0.25, -0.2) is 4.79 Å². The van der Waals surface area contributed by atoms with Gasteiger partial charge in [-0.3, -0.25) is 10.1 Å². The van der Waals surface area contributed by atoms with Gasteiger partial charge in [0.1, 0.15) is 6.04 Å². The Kier molecular flexibility index (Phi) is 4.96. The summed E-state index contributed by atoms with van der Waals surface area (Å²) < 4.78 is 16.5. The van der Waals surface area contributed by atoms with Crippen molar-refractivity contribution >= 4 is 17.3 Å². The summed E-state index contributed by atoms with van der Waals surface area (Å²) in [5, 5.41) is 14.0. The Labute approximate surface area is 139 Å². The first-order valence-electron chi connectivity index (χ1n) is 8.03. The largest absolute Gasteiger partial charge is 0.464 e. The highest BCUT2D eigenvalue weighted by Crippen LogP contribution is 2.35. The monoisotopic (exact) mass is 336 g/mol. The molecule has 1 aromatic rings. The summed E-state index contributed by atoms with van der Waals surface area (Å²) in [6.45, 7) is 2.53. The predicted molar refractivity (Wildman–Crippen MR) is 84.5 cm³/mol. The van der Waals surface area contributed by atoms with Crippen LogP contribution >= 0.6 is 0 Å². The van der Waals surface area contributed by atoms with E-state index in [1.165, 1.54) is 12.1 Å². The number of nitrogens with zero attached hydrogens (tertiary/aromatic N) is 1. The zero-order valence-corrected chi connectivity index (χ0v) is 13.3. The highest BCUT2D eigenvalue weighted by molar-refractivity contribution is 5.80. The van der Waals surface area contributed by atoms with Gasteiger partial charge in [-0.05, 0) is 25.8 Å². The number of nitro benzene ring substituents is 1. The summed E-state index contributed by atoms with van der Waals surface area (Å²) in [7, 11) is 0. The first kappa shape index (κ1) is 16.7. The quantitative estimate of drug-likeness (QED) is 0.482. The fraction of sp³-hybridized carbons (Fsp3) is 0.562. The molecular formula is C16H20N2O6. The van der Waals surface area contributed by atoms with Crippen LogP contribution in [0.4, 0.5) is 11.4 Å². The number of carbonyl (C=O) groups excluding carboxylic acids is 1. The number of fused-ring (bicyclic) bond motifs is 2. The van der Waals surface area contributed by atoms with Gasteiger partial charge in [0, 0.05) is 23.7 Å². The molecular weight excluding hydrogens is 316 g/mol. The lowest BCUT2D eigenvalue weighted by Crippen LogP contribution is -2.46. The fourth-order valence-electron chi connectivity index (χ4n) is 3.15. The van der Waals surface area contributed by atoms with Crippen molar-refractivity contribution in [2.24, 2.45) is 5.92 Å². The molecule has 2 heterocycles. The van der Waals surface area contributed by atoms with Gasteiger partial charge in [0.05, 0.1) is 24.2 Å². The third kappa shape index (κ3) is 3.49. The normalized spacial score (nSPS) is 26.6. The van der Waals surface area contributed by atoms with E-state index in [-0.39, 0.29) is 24.3 Å². The summed E-state index contributed by atoms with van der Waals surface area (Å²) in [4.78, 5) is 22.9. The van der Waals surface area contributed by atoms with Crippen molar-refractivity contribution < 1.29 is 23.9 Å². The zero-order valence-electron chi connectivity index (χ0n) is 13.3. The standard InChI is InChI=1S/C16H20N2O6/c1-2-22-15(19)14(13-7-6-12-9-23-16(13)24-12)17-10-4-3-5-11(8-10)18(20)21/h3-5,8,12-14,16-17H,2,6-7,9H2,1H3/t12-,13-,14+,16+/m0/s1. The number of nitro groups is 1. The number of non-ortho nitro benzene ring substituents is 1. The molecule has 24 heavy (non-hydrogen) atoms. The number of hydrogen-bond donors (Lipinski definition) is 1. The second-order valence-corrected chi connectivity index (χ2v) is 5.88. The minimum atomic E-state index is -0.684. The molecule has 0 amide bonds. The molecule has 0 saturated carbocycles. The fourth-order valence-corrected chi connectivity index (χ4v) is 3.15. The molecule has 2 aliphatic rings. The third-order valence-electron chi connectivity index (χ3n) is 4.29. The number of nitrogens with one attached hydrogen (secondary N) is 1. The maximum atomic E-state index is 12.4. The highest BCUT2D eigenvalue weighted by atomic mass is 16.7. The Morgan fingerprint density at radius 3 is 3.08 bits per heavy atom. The van der Waals surface area contributed by atoms with Gasteiger partial charge in [0.25, 0.3) is 5.69 Å². The van der Waals surface area contributed by atoms with E-state index in [0.29, 0.717) is 12.3 Å².